The summed E-state index contributed by atoms with van der Waals surface area (Å²) in [6, 6.07) is 20.7. The molecule has 2 aromatic rings. The van der Waals surface area contributed by atoms with Crippen molar-refractivity contribution in [2.75, 3.05) is 32.8 Å². The number of ether oxygens (including phenoxy) is 2. The van der Waals surface area contributed by atoms with E-state index in [0.717, 1.165) is 32.8 Å². The molecule has 3 nitrogen and oxygen atoms in total. The van der Waals surface area contributed by atoms with Gasteiger partial charge in [-0.3, -0.25) is 4.90 Å². The van der Waals surface area contributed by atoms with Crippen molar-refractivity contribution in [2.45, 2.75) is 34.0 Å². The maximum atomic E-state index is 5.86. The SMILES string of the molecule is CC(C)(C)CN(CCOCc1ccccc1)CCOCc1ccccc1. The lowest BCUT2D eigenvalue weighted by Crippen LogP contribution is -2.37. The van der Waals surface area contributed by atoms with E-state index in [9.17, 15) is 0 Å². The molecule has 0 amide bonds. The number of hydrogen-bond donors (Lipinski definition) is 0. The lowest BCUT2D eigenvalue weighted by molar-refractivity contribution is 0.0520. The standard InChI is InChI=1S/C23H33NO2/c1-23(2,3)20-24(14-16-25-18-21-10-6-4-7-11-21)15-17-26-19-22-12-8-5-9-13-22/h4-13H,14-20H2,1-3H3. The Morgan fingerprint density at radius 2 is 1.12 bits per heavy atom. The van der Waals surface area contributed by atoms with E-state index in [-0.39, 0.29) is 5.41 Å². The van der Waals surface area contributed by atoms with Crippen LogP contribution in [0.3, 0.4) is 0 Å². The van der Waals surface area contributed by atoms with Gasteiger partial charge in [-0.2, -0.15) is 0 Å². The molecule has 2 rings (SSSR count). The van der Waals surface area contributed by atoms with Gasteiger partial charge >= 0.3 is 0 Å². The molecule has 0 spiro atoms. The lowest BCUT2D eigenvalue weighted by Gasteiger charge is -2.29. The number of benzene rings is 2. The summed E-state index contributed by atoms with van der Waals surface area (Å²) in [5.74, 6) is 0. The zero-order valence-electron chi connectivity index (χ0n) is 16.5. The van der Waals surface area contributed by atoms with Crippen molar-refractivity contribution >= 4 is 0 Å². The molecule has 0 N–H and O–H groups in total. The maximum absolute atomic E-state index is 5.86. The Hall–Kier alpha value is -1.68. The molecule has 0 radical (unpaired) electrons. The van der Waals surface area contributed by atoms with Crippen LogP contribution in [0.5, 0.6) is 0 Å². The highest BCUT2D eigenvalue weighted by molar-refractivity contribution is 5.14. The number of rotatable bonds is 11. The van der Waals surface area contributed by atoms with Gasteiger partial charge in [0.2, 0.25) is 0 Å². The summed E-state index contributed by atoms with van der Waals surface area (Å²) in [5.41, 5.74) is 2.71. The molecule has 0 bridgehead atoms. The normalized spacial score (nSPS) is 11.8. The number of hydrogen-bond acceptors (Lipinski definition) is 3. The van der Waals surface area contributed by atoms with Gasteiger partial charge in [-0.1, -0.05) is 81.4 Å². The van der Waals surface area contributed by atoms with Gasteiger partial charge in [0.05, 0.1) is 26.4 Å². The zero-order valence-corrected chi connectivity index (χ0v) is 16.5. The van der Waals surface area contributed by atoms with Gasteiger partial charge in [0.1, 0.15) is 0 Å². The van der Waals surface area contributed by atoms with Crippen molar-refractivity contribution in [1.29, 1.82) is 0 Å². The quantitative estimate of drug-likeness (QED) is 0.542. The van der Waals surface area contributed by atoms with Gasteiger partial charge in [0, 0.05) is 19.6 Å². The van der Waals surface area contributed by atoms with E-state index in [2.05, 4.69) is 74.2 Å². The van der Waals surface area contributed by atoms with Crippen LogP contribution in [0, 0.1) is 5.41 Å². The third-order valence-electron chi connectivity index (χ3n) is 4.02. The first-order valence-electron chi connectivity index (χ1n) is 9.49. The van der Waals surface area contributed by atoms with Gasteiger partial charge < -0.3 is 9.47 Å². The molecule has 0 heterocycles. The van der Waals surface area contributed by atoms with Gasteiger partial charge in [-0.15, -0.1) is 0 Å². The molecule has 0 aliphatic carbocycles. The Kier molecular flexibility index (Phi) is 8.82. The van der Waals surface area contributed by atoms with Gasteiger partial charge in [0.15, 0.2) is 0 Å². The second-order valence-corrected chi connectivity index (χ2v) is 7.91. The van der Waals surface area contributed by atoms with Gasteiger partial charge in [0.25, 0.3) is 0 Å². The first-order chi connectivity index (χ1) is 12.5. The van der Waals surface area contributed by atoms with Crippen LogP contribution in [0.4, 0.5) is 0 Å². The third-order valence-corrected chi connectivity index (χ3v) is 4.02. The summed E-state index contributed by atoms with van der Waals surface area (Å²) in [6.45, 7) is 12.5. The van der Waals surface area contributed by atoms with Crippen molar-refractivity contribution in [3.63, 3.8) is 0 Å². The summed E-state index contributed by atoms with van der Waals surface area (Å²) in [6.07, 6.45) is 0. The van der Waals surface area contributed by atoms with Crippen molar-refractivity contribution in [3.8, 4) is 0 Å². The Bertz CT molecular complexity index is 545. The molecule has 0 aromatic heterocycles. The van der Waals surface area contributed by atoms with Crippen LogP contribution < -0.4 is 0 Å². The molecule has 0 atom stereocenters. The molecule has 3 heteroatoms. The van der Waals surface area contributed by atoms with Crippen molar-refractivity contribution in [2.24, 2.45) is 5.41 Å². The molecule has 2 aromatic carbocycles. The summed E-state index contributed by atoms with van der Waals surface area (Å²) in [4.78, 5) is 2.44. The number of nitrogens with zero attached hydrogens (tertiary/aromatic N) is 1. The Balaban J connectivity index is 1.68. The molecular weight excluding hydrogens is 322 g/mol. The van der Waals surface area contributed by atoms with Crippen molar-refractivity contribution < 1.29 is 9.47 Å². The first-order valence-corrected chi connectivity index (χ1v) is 9.49. The van der Waals surface area contributed by atoms with Crippen LogP contribution in [0.25, 0.3) is 0 Å². The van der Waals surface area contributed by atoms with E-state index in [1.807, 2.05) is 12.1 Å². The van der Waals surface area contributed by atoms with Crippen LogP contribution in [0.1, 0.15) is 31.9 Å². The average Bonchev–Trinajstić information content (AvgIpc) is 2.62. The minimum atomic E-state index is 0.263. The van der Waals surface area contributed by atoms with Gasteiger partial charge in [-0.25, -0.2) is 0 Å². The highest BCUT2D eigenvalue weighted by Crippen LogP contribution is 2.15. The third kappa shape index (κ3) is 9.14. The molecule has 26 heavy (non-hydrogen) atoms. The molecule has 0 saturated heterocycles. The highest BCUT2D eigenvalue weighted by Gasteiger charge is 2.16. The van der Waals surface area contributed by atoms with Crippen LogP contribution in [0.15, 0.2) is 60.7 Å². The highest BCUT2D eigenvalue weighted by atomic mass is 16.5. The van der Waals surface area contributed by atoms with Crippen LogP contribution in [-0.2, 0) is 22.7 Å². The van der Waals surface area contributed by atoms with E-state index in [4.69, 9.17) is 9.47 Å². The predicted octanol–water partition coefficient (Wildman–Crippen LogP) is 4.77. The van der Waals surface area contributed by atoms with Gasteiger partial charge in [-0.05, 0) is 16.5 Å². The second-order valence-electron chi connectivity index (χ2n) is 7.91. The fourth-order valence-corrected chi connectivity index (χ4v) is 2.86. The Labute approximate surface area is 158 Å². The van der Waals surface area contributed by atoms with E-state index < -0.39 is 0 Å². The smallest absolute Gasteiger partial charge is 0.0717 e. The zero-order chi connectivity index (χ0) is 18.7. The topological polar surface area (TPSA) is 21.7 Å². The van der Waals surface area contributed by atoms with E-state index in [1.165, 1.54) is 11.1 Å². The summed E-state index contributed by atoms with van der Waals surface area (Å²) in [7, 11) is 0. The molecule has 0 aliphatic rings. The average molecular weight is 356 g/mol. The predicted molar refractivity (Wildman–Crippen MR) is 108 cm³/mol. The minimum Gasteiger partial charge on any atom is -0.375 e. The molecule has 142 valence electrons. The molecule has 0 saturated carbocycles. The fourth-order valence-electron chi connectivity index (χ4n) is 2.86. The van der Waals surface area contributed by atoms with E-state index in [1.54, 1.807) is 0 Å². The maximum Gasteiger partial charge on any atom is 0.0717 e. The molecule has 0 aliphatic heterocycles. The van der Waals surface area contributed by atoms with E-state index >= 15 is 0 Å². The molecular formula is C23H33NO2. The van der Waals surface area contributed by atoms with Crippen LogP contribution in [0.2, 0.25) is 0 Å². The Morgan fingerprint density at radius 3 is 1.50 bits per heavy atom. The van der Waals surface area contributed by atoms with Crippen LogP contribution >= 0.6 is 0 Å². The van der Waals surface area contributed by atoms with Crippen LogP contribution in [-0.4, -0.2) is 37.7 Å². The largest absolute Gasteiger partial charge is 0.375 e. The molecule has 0 unspecified atom stereocenters. The van der Waals surface area contributed by atoms with Crippen molar-refractivity contribution in [1.82, 2.24) is 4.90 Å². The Morgan fingerprint density at radius 1 is 0.692 bits per heavy atom. The summed E-state index contributed by atoms with van der Waals surface area (Å²) >= 11 is 0. The first kappa shape index (κ1) is 20.6. The fraction of sp³-hybridized carbons (Fsp3) is 0.478. The lowest BCUT2D eigenvalue weighted by atomic mass is 9.96. The minimum absolute atomic E-state index is 0.263. The summed E-state index contributed by atoms with van der Waals surface area (Å²) < 4.78 is 11.7. The van der Waals surface area contributed by atoms with Crippen molar-refractivity contribution in [3.05, 3.63) is 71.8 Å². The monoisotopic (exact) mass is 355 g/mol. The summed E-state index contributed by atoms with van der Waals surface area (Å²) in [5, 5.41) is 0. The second kappa shape index (κ2) is 11.1. The van der Waals surface area contributed by atoms with E-state index in [0.29, 0.717) is 13.2 Å². The molecule has 0 fully saturated rings.